The summed E-state index contributed by atoms with van der Waals surface area (Å²) < 4.78 is 5.29. The number of amidine groups is 1. The molecule has 0 spiro atoms. The third-order valence-corrected chi connectivity index (χ3v) is 3.49. The van der Waals surface area contributed by atoms with E-state index in [1.807, 2.05) is 30.3 Å². The minimum Gasteiger partial charge on any atom is -0.426 e. The van der Waals surface area contributed by atoms with Crippen molar-refractivity contribution in [3.63, 3.8) is 0 Å². The van der Waals surface area contributed by atoms with Gasteiger partial charge in [-0.1, -0.05) is 35.9 Å². The van der Waals surface area contributed by atoms with Crippen molar-refractivity contribution in [3.05, 3.63) is 71.9 Å². The molecule has 23 heavy (non-hydrogen) atoms. The van der Waals surface area contributed by atoms with E-state index in [0.29, 0.717) is 10.8 Å². The van der Waals surface area contributed by atoms with Crippen molar-refractivity contribution in [1.29, 1.82) is 0 Å². The average molecular weight is 328 g/mol. The maximum Gasteiger partial charge on any atom is 0.326 e. The highest BCUT2D eigenvalue weighted by Gasteiger charge is 2.26. The van der Waals surface area contributed by atoms with Crippen molar-refractivity contribution in [1.82, 2.24) is 0 Å². The first kappa shape index (κ1) is 15.1. The fraction of sp³-hybridized carbons (Fsp3) is 0.0588. The number of nitrogens with two attached hydrogens (primary N) is 1. The number of hydrazone groups is 1. The van der Waals surface area contributed by atoms with Crippen LogP contribution in [0.1, 0.15) is 0 Å². The summed E-state index contributed by atoms with van der Waals surface area (Å²) >= 11 is 5.87. The molecule has 2 N–H and O–H groups in total. The lowest BCUT2D eigenvalue weighted by Gasteiger charge is -2.22. The van der Waals surface area contributed by atoms with E-state index in [1.54, 1.807) is 41.6 Å². The zero-order valence-corrected chi connectivity index (χ0v) is 12.9. The van der Waals surface area contributed by atoms with Crippen LogP contribution in [0.4, 0.5) is 5.69 Å². The lowest BCUT2D eigenvalue weighted by Crippen LogP contribution is -2.36. The number of halogens is 1. The Kier molecular flexibility index (Phi) is 4.30. The van der Waals surface area contributed by atoms with Crippen molar-refractivity contribution in [2.24, 2.45) is 16.8 Å². The first-order valence-electron chi connectivity index (χ1n) is 6.97. The zero-order chi connectivity index (χ0) is 16.2. The fourth-order valence-electron chi connectivity index (χ4n) is 2.12. The molecule has 0 saturated heterocycles. The molecular formula is C17H14ClN3O2. The molecule has 0 radical (unpaired) electrons. The summed E-state index contributed by atoms with van der Waals surface area (Å²) in [5.74, 6) is -0.691. The van der Waals surface area contributed by atoms with Crippen LogP contribution < -0.4 is 15.5 Å². The van der Waals surface area contributed by atoms with E-state index in [2.05, 4.69) is 5.10 Å². The van der Waals surface area contributed by atoms with Crippen LogP contribution in [0.2, 0.25) is 5.02 Å². The molecule has 2 aromatic rings. The third kappa shape index (κ3) is 3.52. The number of hydrogen-bond acceptors (Lipinski definition) is 5. The molecule has 0 saturated carbocycles. The second-order valence-electron chi connectivity index (χ2n) is 4.90. The molecule has 1 aliphatic rings. The number of hydrogen-bond donors (Lipinski definition) is 1. The number of anilines is 1. The molecule has 5 nitrogen and oxygen atoms in total. The van der Waals surface area contributed by atoms with E-state index in [-0.39, 0.29) is 5.84 Å². The first-order valence-corrected chi connectivity index (χ1v) is 7.35. The molecular weight excluding hydrogens is 314 g/mol. The van der Waals surface area contributed by atoms with Crippen molar-refractivity contribution in [3.8, 4) is 5.75 Å². The second kappa shape index (κ2) is 6.54. The molecule has 0 aromatic heterocycles. The molecule has 2 aromatic carbocycles. The predicted molar refractivity (Wildman–Crippen MR) is 90.3 cm³/mol. The highest BCUT2D eigenvalue weighted by Crippen LogP contribution is 2.22. The molecule has 3 rings (SSSR count). The SMILES string of the molecule is NC1=NN(c2ccccc2)C=CC1C(=O)Oc1cccc(Cl)c1. The van der Waals surface area contributed by atoms with Gasteiger partial charge < -0.3 is 10.5 Å². The Bertz CT molecular complexity index is 774. The number of nitrogens with zero attached hydrogens (tertiary/aromatic N) is 2. The van der Waals surface area contributed by atoms with Gasteiger partial charge >= 0.3 is 5.97 Å². The van der Waals surface area contributed by atoms with Gasteiger partial charge in [-0.2, -0.15) is 5.10 Å². The highest BCUT2D eigenvalue weighted by atomic mass is 35.5. The van der Waals surface area contributed by atoms with E-state index in [4.69, 9.17) is 22.1 Å². The van der Waals surface area contributed by atoms with Gasteiger partial charge in [-0.15, -0.1) is 0 Å². The van der Waals surface area contributed by atoms with Crippen molar-refractivity contribution in [2.75, 3.05) is 5.01 Å². The topological polar surface area (TPSA) is 67.9 Å². The van der Waals surface area contributed by atoms with Crippen LogP contribution in [0.5, 0.6) is 5.75 Å². The van der Waals surface area contributed by atoms with Crippen molar-refractivity contribution < 1.29 is 9.53 Å². The van der Waals surface area contributed by atoms with Crippen molar-refractivity contribution in [2.45, 2.75) is 0 Å². The molecule has 0 bridgehead atoms. The average Bonchev–Trinajstić information content (AvgIpc) is 2.55. The van der Waals surface area contributed by atoms with Gasteiger partial charge in [-0.05, 0) is 36.4 Å². The van der Waals surface area contributed by atoms with Gasteiger partial charge in [0.2, 0.25) is 0 Å². The number of ether oxygens (including phenoxy) is 1. The standard InChI is InChI=1S/C17H14ClN3O2/c18-12-5-4-8-14(11-12)23-17(22)15-9-10-21(20-16(15)19)13-6-2-1-3-7-13/h1-11,15H,(H2,19,20). The molecule has 1 heterocycles. The first-order chi connectivity index (χ1) is 11.1. The largest absolute Gasteiger partial charge is 0.426 e. The Balaban J connectivity index is 1.73. The Labute approximate surface area is 138 Å². The Morgan fingerprint density at radius 2 is 1.96 bits per heavy atom. The van der Waals surface area contributed by atoms with Gasteiger partial charge in [-0.3, -0.25) is 4.79 Å². The quantitative estimate of drug-likeness (QED) is 0.694. The van der Waals surface area contributed by atoms with E-state index in [1.165, 1.54) is 0 Å². The number of carbonyl (C=O) groups is 1. The van der Waals surface area contributed by atoms with Crippen LogP contribution >= 0.6 is 11.6 Å². The van der Waals surface area contributed by atoms with Crippen LogP contribution in [0.15, 0.2) is 72.0 Å². The zero-order valence-electron chi connectivity index (χ0n) is 12.1. The maximum absolute atomic E-state index is 12.2. The monoisotopic (exact) mass is 327 g/mol. The van der Waals surface area contributed by atoms with Gasteiger partial charge in [-0.25, -0.2) is 5.01 Å². The Morgan fingerprint density at radius 1 is 1.17 bits per heavy atom. The molecule has 1 atom stereocenters. The van der Waals surface area contributed by atoms with Gasteiger partial charge in [0.05, 0.1) is 5.69 Å². The van der Waals surface area contributed by atoms with Crippen LogP contribution in [-0.2, 0) is 4.79 Å². The predicted octanol–water partition coefficient (Wildman–Crippen LogP) is 3.17. The summed E-state index contributed by atoms with van der Waals surface area (Å²) in [6, 6.07) is 16.1. The Hall–Kier alpha value is -2.79. The summed E-state index contributed by atoms with van der Waals surface area (Å²) in [5, 5.41) is 6.33. The molecule has 0 amide bonds. The van der Waals surface area contributed by atoms with Gasteiger partial charge in [0, 0.05) is 11.2 Å². The van der Waals surface area contributed by atoms with E-state index in [9.17, 15) is 4.79 Å². The normalized spacial score (nSPS) is 16.8. The van der Waals surface area contributed by atoms with Gasteiger partial charge in [0.25, 0.3) is 0 Å². The van der Waals surface area contributed by atoms with E-state index in [0.717, 1.165) is 5.69 Å². The Morgan fingerprint density at radius 3 is 2.65 bits per heavy atom. The molecule has 6 heteroatoms. The van der Waals surface area contributed by atoms with Gasteiger partial charge in [0.1, 0.15) is 17.5 Å². The summed E-state index contributed by atoms with van der Waals surface area (Å²) in [5.41, 5.74) is 6.78. The molecule has 1 aliphatic heterocycles. The van der Waals surface area contributed by atoms with E-state index < -0.39 is 11.9 Å². The second-order valence-corrected chi connectivity index (χ2v) is 5.34. The molecule has 0 fully saturated rings. The molecule has 0 aliphatic carbocycles. The van der Waals surface area contributed by atoms with E-state index >= 15 is 0 Å². The summed E-state index contributed by atoms with van der Waals surface area (Å²) in [6.45, 7) is 0. The molecule has 116 valence electrons. The van der Waals surface area contributed by atoms with Crippen LogP contribution in [0.3, 0.4) is 0 Å². The maximum atomic E-state index is 12.2. The third-order valence-electron chi connectivity index (χ3n) is 3.25. The number of benzene rings is 2. The van der Waals surface area contributed by atoms with Crippen LogP contribution in [0, 0.1) is 5.92 Å². The minimum atomic E-state index is -0.728. The number of esters is 1. The summed E-state index contributed by atoms with van der Waals surface area (Å²) in [6.07, 6.45) is 3.35. The highest BCUT2D eigenvalue weighted by molar-refractivity contribution is 6.30. The summed E-state index contributed by atoms with van der Waals surface area (Å²) in [4.78, 5) is 12.2. The fourth-order valence-corrected chi connectivity index (χ4v) is 2.30. The van der Waals surface area contributed by atoms with Crippen LogP contribution in [0.25, 0.3) is 0 Å². The molecule has 1 unspecified atom stereocenters. The smallest absolute Gasteiger partial charge is 0.326 e. The van der Waals surface area contributed by atoms with Crippen molar-refractivity contribution >= 4 is 29.1 Å². The lowest BCUT2D eigenvalue weighted by molar-refractivity contribution is -0.135. The van der Waals surface area contributed by atoms with Gasteiger partial charge in [0.15, 0.2) is 0 Å². The number of carbonyl (C=O) groups excluding carboxylic acids is 1. The lowest BCUT2D eigenvalue weighted by atomic mass is 10.1. The number of rotatable bonds is 3. The summed E-state index contributed by atoms with van der Waals surface area (Å²) in [7, 11) is 0. The van der Waals surface area contributed by atoms with Crippen LogP contribution in [-0.4, -0.2) is 11.8 Å². The number of para-hydroxylation sites is 1. The minimum absolute atomic E-state index is 0.170.